The van der Waals surface area contributed by atoms with Crippen molar-refractivity contribution in [3.63, 3.8) is 0 Å². The summed E-state index contributed by atoms with van der Waals surface area (Å²) >= 11 is 0. The Balaban J connectivity index is 1.56. The summed E-state index contributed by atoms with van der Waals surface area (Å²) in [5.74, 6) is 1.32. The van der Waals surface area contributed by atoms with Gasteiger partial charge < -0.3 is 0 Å². The van der Waals surface area contributed by atoms with Crippen LogP contribution in [0.15, 0.2) is 60.7 Å². The maximum absolute atomic E-state index is 12.1. The summed E-state index contributed by atoms with van der Waals surface area (Å²) in [6.45, 7) is -0.213. The van der Waals surface area contributed by atoms with Gasteiger partial charge in [0, 0.05) is 0 Å². The second kappa shape index (κ2) is 9.34. The molecule has 1 aliphatic carbocycles. The van der Waals surface area contributed by atoms with Gasteiger partial charge in [-0.3, -0.25) is 4.39 Å². The minimum atomic E-state index is -0.213. The second-order valence-electron chi connectivity index (χ2n) is 7.18. The number of rotatable bonds is 6. The van der Waals surface area contributed by atoms with Crippen molar-refractivity contribution in [1.29, 1.82) is 5.26 Å². The van der Waals surface area contributed by atoms with Crippen LogP contribution < -0.4 is 0 Å². The second-order valence-corrected chi connectivity index (χ2v) is 7.18. The fourth-order valence-electron chi connectivity index (χ4n) is 3.81. The molecule has 134 valence electrons. The summed E-state index contributed by atoms with van der Waals surface area (Å²) in [6, 6.07) is 18.8. The van der Waals surface area contributed by atoms with Gasteiger partial charge in [0.15, 0.2) is 0 Å². The predicted molar refractivity (Wildman–Crippen MR) is 106 cm³/mol. The Morgan fingerprint density at radius 3 is 2.12 bits per heavy atom. The molecule has 3 rings (SSSR count). The average Bonchev–Trinajstić information content (AvgIpc) is 2.72. The summed E-state index contributed by atoms with van der Waals surface area (Å²) < 4.78 is 12.1. The first-order chi connectivity index (χ1) is 12.8. The quantitative estimate of drug-likeness (QED) is 0.416. The maximum atomic E-state index is 12.1. The molecule has 2 heteroatoms. The lowest BCUT2D eigenvalue weighted by Gasteiger charge is -2.27. The molecule has 1 aliphatic rings. The van der Waals surface area contributed by atoms with Gasteiger partial charge in [-0.25, -0.2) is 0 Å². The Kier molecular flexibility index (Phi) is 6.61. The zero-order chi connectivity index (χ0) is 18.2. The molecule has 0 unspecified atom stereocenters. The van der Waals surface area contributed by atoms with Gasteiger partial charge in [-0.1, -0.05) is 48.6 Å². The molecule has 2 aromatic carbocycles. The minimum Gasteiger partial charge on any atom is -0.251 e. The Hall–Kier alpha value is -2.40. The molecule has 1 nitrogen and oxygen atoms in total. The minimum absolute atomic E-state index is 0.213. The molecule has 0 heterocycles. The molecule has 0 N–H and O–H groups in total. The average molecular weight is 347 g/mol. The lowest BCUT2D eigenvalue weighted by atomic mass is 9.78. The van der Waals surface area contributed by atoms with E-state index in [1.165, 1.54) is 36.8 Å². The fourth-order valence-corrected chi connectivity index (χ4v) is 3.81. The lowest BCUT2D eigenvalue weighted by Crippen LogP contribution is -2.11. The summed E-state index contributed by atoms with van der Waals surface area (Å²) in [7, 11) is 0. The molecule has 26 heavy (non-hydrogen) atoms. The zero-order valence-electron chi connectivity index (χ0n) is 15.2. The lowest BCUT2D eigenvalue weighted by molar-refractivity contribution is 0.375. The SMILES string of the molecule is N#Cc1ccc(-c2ccc(C3CCC(C=CCCCF)CC3)cc2)cc1. The van der Waals surface area contributed by atoms with Crippen LogP contribution in [-0.4, -0.2) is 6.67 Å². The molecule has 0 aliphatic heterocycles. The number of allylic oxidation sites excluding steroid dienone is 2. The van der Waals surface area contributed by atoms with E-state index in [1.54, 1.807) is 0 Å². The van der Waals surface area contributed by atoms with E-state index < -0.39 is 0 Å². The van der Waals surface area contributed by atoms with Crippen molar-refractivity contribution in [3.05, 3.63) is 71.8 Å². The number of unbranched alkanes of at least 4 members (excludes halogenated alkanes) is 1. The van der Waals surface area contributed by atoms with E-state index in [2.05, 4.69) is 42.5 Å². The van der Waals surface area contributed by atoms with Gasteiger partial charge in [0.25, 0.3) is 0 Å². The highest BCUT2D eigenvalue weighted by Crippen LogP contribution is 2.37. The van der Waals surface area contributed by atoms with Gasteiger partial charge in [-0.15, -0.1) is 0 Å². The Bertz CT molecular complexity index is 744. The normalized spacial score (nSPS) is 20.2. The van der Waals surface area contributed by atoms with Crippen LogP contribution in [0.3, 0.4) is 0 Å². The van der Waals surface area contributed by atoms with Crippen LogP contribution in [0, 0.1) is 17.2 Å². The maximum Gasteiger partial charge on any atom is 0.0991 e. The third kappa shape index (κ3) is 4.82. The predicted octanol–water partition coefficient (Wildman–Crippen LogP) is 6.80. The first-order valence-electron chi connectivity index (χ1n) is 9.63. The van der Waals surface area contributed by atoms with E-state index in [-0.39, 0.29) is 6.67 Å². The third-order valence-electron chi connectivity index (χ3n) is 5.41. The highest BCUT2D eigenvalue weighted by molar-refractivity contribution is 5.64. The highest BCUT2D eigenvalue weighted by atomic mass is 19.1. The van der Waals surface area contributed by atoms with E-state index in [1.807, 2.05) is 24.3 Å². The molecular formula is C24H26FN. The van der Waals surface area contributed by atoms with Gasteiger partial charge in [0.05, 0.1) is 18.3 Å². The number of benzene rings is 2. The Morgan fingerprint density at radius 1 is 0.923 bits per heavy atom. The van der Waals surface area contributed by atoms with Gasteiger partial charge in [-0.2, -0.15) is 5.26 Å². The van der Waals surface area contributed by atoms with Crippen molar-refractivity contribution in [2.24, 2.45) is 5.92 Å². The topological polar surface area (TPSA) is 23.8 Å². The summed E-state index contributed by atoms with van der Waals surface area (Å²) in [4.78, 5) is 0. The molecule has 2 aromatic rings. The van der Waals surface area contributed by atoms with Crippen LogP contribution in [0.25, 0.3) is 11.1 Å². The van der Waals surface area contributed by atoms with Crippen LogP contribution in [0.1, 0.15) is 55.6 Å². The fraction of sp³-hybridized carbons (Fsp3) is 0.375. The Morgan fingerprint density at radius 2 is 1.54 bits per heavy atom. The molecule has 0 spiro atoms. The molecule has 0 atom stereocenters. The zero-order valence-corrected chi connectivity index (χ0v) is 15.2. The Labute approximate surface area is 156 Å². The summed E-state index contributed by atoms with van der Waals surface area (Å²) in [5.41, 5.74) is 4.48. The molecular weight excluding hydrogens is 321 g/mol. The summed E-state index contributed by atoms with van der Waals surface area (Å²) in [6.07, 6.45) is 10.9. The van der Waals surface area contributed by atoms with Gasteiger partial charge in [0.1, 0.15) is 0 Å². The van der Waals surface area contributed by atoms with E-state index in [4.69, 9.17) is 5.26 Å². The molecule has 0 amide bonds. The summed E-state index contributed by atoms with van der Waals surface area (Å²) in [5, 5.41) is 8.90. The standard InChI is InChI=1S/C24H26FN/c25-17-3-1-2-4-19-5-9-21(10-6-19)23-13-15-24(16-14-23)22-11-7-20(18-26)8-12-22/h2,4,7-8,11-16,19,21H,1,3,5-6,9-10,17H2. The number of hydrogen-bond donors (Lipinski definition) is 0. The molecule has 1 saturated carbocycles. The molecule has 0 saturated heterocycles. The van der Waals surface area contributed by atoms with Crippen molar-refractivity contribution in [2.45, 2.75) is 44.4 Å². The van der Waals surface area contributed by atoms with Crippen LogP contribution >= 0.6 is 0 Å². The van der Waals surface area contributed by atoms with Crippen molar-refractivity contribution in [3.8, 4) is 17.2 Å². The van der Waals surface area contributed by atoms with Crippen LogP contribution in [-0.2, 0) is 0 Å². The largest absolute Gasteiger partial charge is 0.251 e. The van der Waals surface area contributed by atoms with Crippen molar-refractivity contribution >= 4 is 0 Å². The first kappa shape index (κ1) is 18.4. The molecule has 1 fully saturated rings. The monoisotopic (exact) mass is 347 g/mol. The van der Waals surface area contributed by atoms with Gasteiger partial charge >= 0.3 is 0 Å². The molecule has 0 bridgehead atoms. The van der Waals surface area contributed by atoms with E-state index in [0.717, 1.165) is 12.0 Å². The van der Waals surface area contributed by atoms with E-state index in [9.17, 15) is 4.39 Å². The number of halogens is 1. The highest BCUT2D eigenvalue weighted by Gasteiger charge is 2.20. The third-order valence-corrected chi connectivity index (χ3v) is 5.41. The van der Waals surface area contributed by atoms with Crippen molar-refractivity contribution < 1.29 is 4.39 Å². The van der Waals surface area contributed by atoms with Crippen LogP contribution in [0.2, 0.25) is 0 Å². The number of hydrogen-bond acceptors (Lipinski definition) is 1. The van der Waals surface area contributed by atoms with E-state index >= 15 is 0 Å². The number of nitriles is 1. The molecule has 0 aromatic heterocycles. The molecule has 0 radical (unpaired) electrons. The number of alkyl halides is 1. The first-order valence-corrected chi connectivity index (χ1v) is 9.63. The number of nitrogens with zero attached hydrogens (tertiary/aromatic N) is 1. The van der Waals surface area contributed by atoms with Crippen LogP contribution in [0.4, 0.5) is 4.39 Å². The van der Waals surface area contributed by atoms with Crippen molar-refractivity contribution in [1.82, 2.24) is 0 Å². The van der Waals surface area contributed by atoms with Gasteiger partial charge in [0.2, 0.25) is 0 Å². The van der Waals surface area contributed by atoms with E-state index in [0.29, 0.717) is 23.8 Å². The van der Waals surface area contributed by atoms with Gasteiger partial charge in [-0.05, 0) is 79.2 Å². The van der Waals surface area contributed by atoms with Crippen molar-refractivity contribution in [2.75, 3.05) is 6.67 Å². The van der Waals surface area contributed by atoms with Crippen LogP contribution in [0.5, 0.6) is 0 Å². The smallest absolute Gasteiger partial charge is 0.0991 e.